The number of nitro benzene ring substituents is 1. The summed E-state index contributed by atoms with van der Waals surface area (Å²) in [5.74, 6) is 0.828. The number of para-hydroxylation sites is 2. The second-order valence-electron chi connectivity index (χ2n) is 6.38. The number of benzene rings is 2. The number of nitriles is 1. The Labute approximate surface area is 149 Å². The van der Waals surface area contributed by atoms with Gasteiger partial charge in [-0.15, -0.1) is 0 Å². The van der Waals surface area contributed by atoms with Crippen LogP contribution in [0.3, 0.4) is 0 Å². The molecule has 1 aliphatic heterocycles. The Morgan fingerprint density at radius 1 is 1.31 bits per heavy atom. The lowest BCUT2D eigenvalue weighted by atomic mass is 9.96. The summed E-state index contributed by atoms with van der Waals surface area (Å²) in [6.45, 7) is 1.46. The van der Waals surface area contributed by atoms with Crippen molar-refractivity contribution in [2.24, 2.45) is 0 Å². The smallest absolute Gasteiger partial charge is 0.270 e. The van der Waals surface area contributed by atoms with Gasteiger partial charge >= 0.3 is 0 Å². The van der Waals surface area contributed by atoms with Crippen molar-refractivity contribution in [2.45, 2.75) is 18.8 Å². The molecule has 7 heteroatoms. The molecule has 130 valence electrons. The van der Waals surface area contributed by atoms with Crippen LogP contribution in [0.1, 0.15) is 30.2 Å². The van der Waals surface area contributed by atoms with Gasteiger partial charge in [-0.3, -0.25) is 10.1 Å². The van der Waals surface area contributed by atoms with E-state index in [-0.39, 0.29) is 11.6 Å². The zero-order valence-corrected chi connectivity index (χ0v) is 14.0. The number of hydrogen-bond donors (Lipinski definition) is 0. The lowest BCUT2D eigenvalue weighted by Crippen LogP contribution is -2.35. The van der Waals surface area contributed by atoms with E-state index in [1.165, 1.54) is 12.1 Å². The third-order valence-electron chi connectivity index (χ3n) is 4.73. The SMILES string of the molecule is N#Cc1cc([N+](=O)[O-])ccc1N1CCC[C@H](c2nc3ccccc3o2)C1. The topological polar surface area (TPSA) is 96.2 Å². The summed E-state index contributed by atoms with van der Waals surface area (Å²) >= 11 is 0. The van der Waals surface area contributed by atoms with Gasteiger partial charge in [0, 0.05) is 25.2 Å². The molecule has 2 aromatic carbocycles. The molecule has 0 radical (unpaired) electrons. The van der Waals surface area contributed by atoms with Crippen molar-refractivity contribution < 1.29 is 9.34 Å². The molecular weight excluding hydrogens is 332 g/mol. The molecule has 1 atom stereocenters. The number of non-ortho nitro benzene ring substituents is 1. The summed E-state index contributed by atoms with van der Waals surface area (Å²) in [5.41, 5.74) is 2.58. The lowest BCUT2D eigenvalue weighted by molar-refractivity contribution is -0.384. The highest BCUT2D eigenvalue weighted by molar-refractivity contribution is 5.72. The number of nitrogens with zero attached hydrogens (tertiary/aromatic N) is 4. The summed E-state index contributed by atoms with van der Waals surface area (Å²) in [4.78, 5) is 17.1. The maximum atomic E-state index is 10.9. The summed E-state index contributed by atoms with van der Waals surface area (Å²) in [6, 6.07) is 14.2. The van der Waals surface area contributed by atoms with Gasteiger partial charge in [-0.25, -0.2) is 4.98 Å². The number of aromatic nitrogens is 1. The van der Waals surface area contributed by atoms with Gasteiger partial charge in [-0.2, -0.15) is 5.26 Å². The molecule has 4 rings (SSSR count). The predicted octanol–water partition coefficient (Wildman–Crippen LogP) is 3.99. The fourth-order valence-corrected chi connectivity index (χ4v) is 3.47. The molecule has 7 nitrogen and oxygen atoms in total. The van der Waals surface area contributed by atoms with E-state index in [1.54, 1.807) is 6.07 Å². The molecular formula is C19H16N4O3. The van der Waals surface area contributed by atoms with Gasteiger partial charge in [-0.05, 0) is 31.0 Å². The summed E-state index contributed by atoms with van der Waals surface area (Å²) in [6.07, 6.45) is 1.89. The highest BCUT2D eigenvalue weighted by atomic mass is 16.6. The molecule has 2 heterocycles. The zero-order valence-electron chi connectivity index (χ0n) is 14.0. The van der Waals surface area contributed by atoms with Crippen molar-refractivity contribution >= 4 is 22.5 Å². The molecule has 0 aliphatic carbocycles. The second kappa shape index (κ2) is 6.48. The van der Waals surface area contributed by atoms with Crippen LogP contribution in [0.2, 0.25) is 0 Å². The van der Waals surface area contributed by atoms with Crippen LogP contribution in [-0.2, 0) is 0 Å². The molecule has 0 bridgehead atoms. The zero-order chi connectivity index (χ0) is 18.1. The largest absolute Gasteiger partial charge is 0.440 e. The number of rotatable bonds is 3. The monoisotopic (exact) mass is 348 g/mol. The van der Waals surface area contributed by atoms with Crippen LogP contribution in [0.25, 0.3) is 11.1 Å². The molecule has 0 saturated carbocycles. The molecule has 0 spiro atoms. The molecule has 1 fully saturated rings. The second-order valence-corrected chi connectivity index (χ2v) is 6.38. The van der Waals surface area contributed by atoms with Crippen LogP contribution >= 0.6 is 0 Å². The van der Waals surface area contributed by atoms with Crippen molar-refractivity contribution in [3.63, 3.8) is 0 Å². The predicted molar refractivity (Wildman–Crippen MR) is 96.0 cm³/mol. The van der Waals surface area contributed by atoms with Crippen LogP contribution in [0.4, 0.5) is 11.4 Å². The number of oxazole rings is 1. The standard InChI is InChI=1S/C19H16N4O3/c20-11-14-10-15(23(24)25)7-8-17(14)22-9-3-4-13(12-22)19-21-16-5-1-2-6-18(16)26-19/h1-2,5-8,10,13H,3-4,9,12H2/t13-/m0/s1. The lowest BCUT2D eigenvalue weighted by Gasteiger charge is -2.33. The molecule has 3 aromatic rings. The van der Waals surface area contributed by atoms with Crippen LogP contribution in [0, 0.1) is 21.4 Å². The maximum absolute atomic E-state index is 10.9. The number of fused-ring (bicyclic) bond motifs is 1. The van der Waals surface area contributed by atoms with E-state index in [4.69, 9.17) is 4.42 Å². The first-order valence-electron chi connectivity index (χ1n) is 8.44. The third-order valence-corrected chi connectivity index (χ3v) is 4.73. The van der Waals surface area contributed by atoms with E-state index < -0.39 is 4.92 Å². The molecule has 1 aliphatic rings. The van der Waals surface area contributed by atoms with Crippen molar-refractivity contribution in [1.82, 2.24) is 4.98 Å². The maximum Gasteiger partial charge on any atom is 0.270 e. The minimum Gasteiger partial charge on any atom is -0.440 e. The number of piperidine rings is 1. The highest BCUT2D eigenvalue weighted by Gasteiger charge is 2.27. The average Bonchev–Trinajstić information content (AvgIpc) is 3.12. The van der Waals surface area contributed by atoms with Gasteiger partial charge < -0.3 is 9.32 Å². The van der Waals surface area contributed by atoms with E-state index in [1.807, 2.05) is 24.3 Å². The highest BCUT2D eigenvalue weighted by Crippen LogP contribution is 2.33. The van der Waals surface area contributed by atoms with Crippen molar-refractivity contribution in [3.8, 4) is 6.07 Å². The van der Waals surface area contributed by atoms with Gasteiger partial charge in [0.1, 0.15) is 11.6 Å². The van der Waals surface area contributed by atoms with E-state index in [9.17, 15) is 15.4 Å². The fourth-order valence-electron chi connectivity index (χ4n) is 3.47. The van der Waals surface area contributed by atoms with Crippen molar-refractivity contribution in [1.29, 1.82) is 5.26 Å². The van der Waals surface area contributed by atoms with E-state index >= 15 is 0 Å². The minimum absolute atomic E-state index is 0.0715. The van der Waals surface area contributed by atoms with Crippen LogP contribution in [0.15, 0.2) is 46.9 Å². The van der Waals surface area contributed by atoms with Gasteiger partial charge in [0.25, 0.3) is 5.69 Å². The van der Waals surface area contributed by atoms with Gasteiger partial charge in [-0.1, -0.05) is 12.1 Å². The summed E-state index contributed by atoms with van der Waals surface area (Å²) in [7, 11) is 0. The molecule has 26 heavy (non-hydrogen) atoms. The minimum atomic E-state index is -0.484. The van der Waals surface area contributed by atoms with E-state index in [0.29, 0.717) is 18.0 Å². The van der Waals surface area contributed by atoms with Crippen LogP contribution < -0.4 is 4.90 Å². The molecule has 1 aromatic heterocycles. The number of hydrogen-bond acceptors (Lipinski definition) is 6. The molecule has 0 unspecified atom stereocenters. The quantitative estimate of drug-likeness (QED) is 0.524. The average molecular weight is 348 g/mol. The van der Waals surface area contributed by atoms with Gasteiger partial charge in [0.15, 0.2) is 11.5 Å². The van der Waals surface area contributed by atoms with Gasteiger partial charge in [0.2, 0.25) is 0 Å². The normalized spacial score (nSPS) is 17.2. The Morgan fingerprint density at radius 3 is 2.92 bits per heavy atom. The third kappa shape index (κ3) is 2.86. The molecule has 1 saturated heterocycles. The summed E-state index contributed by atoms with van der Waals surface area (Å²) < 4.78 is 5.91. The first kappa shape index (κ1) is 16.1. The Bertz CT molecular complexity index is 988. The number of anilines is 1. The van der Waals surface area contributed by atoms with E-state index in [0.717, 1.165) is 36.2 Å². The van der Waals surface area contributed by atoms with Crippen LogP contribution in [0.5, 0.6) is 0 Å². The Balaban J connectivity index is 1.62. The van der Waals surface area contributed by atoms with Crippen molar-refractivity contribution in [2.75, 3.05) is 18.0 Å². The Morgan fingerprint density at radius 2 is 2.15 bits per heavy atom. The van der Waals surface area contributed by atoms with Gasteiger partial charge in [0.05, 0.1) is 22.1 Å². The fraction of sp³-hybridized carbons (Fsp3) is 0.263. The van der Waals surface area contributed by atoms with Crippen LogP contribution in [-0.4, -0.2) is 23.0 Å². The summed E-state index contributed by atoms with van der Waals surface area (Å²) in [5, 5.41) is 20.3. The Hall–Kier alpha value is -3.40. The van der Waals surface area contributed by atoms with Crippen molar-refractivity contribution in [3.05, 3.63) is 64.0 Å². The first-order valence-corrected chi connectivity index (χ1v) is 8.44. The van der Waals surface area contributed by atoms with E-state index in [2.05, 4.69) is 16.0 Å². The Kier molecular flexibility index (Phi) is 4.01. The number of nitro groups is 1. The first-order chi connectivity index (χ1) is 12.7. The molecule has 0 amide bonds. The molecule has 0 N–H and O–H groups in total.